The predicted molar refractivity (Wildman–Crippen MR) is 77.9 cm³/mol. The van der Waals surface area contributed by atoms with Crippen molar-refractivity contribution in [2.75, 3.05) is 20.3 Å². The topological polar surface area (TPSA) is 84.9 Å². The molecular formula is C15H21NO5. The van der Waals surface area contributed by atoms with Crippen LogP contribution in [0.2, 0.25) is 0 Å². The number of carboxylic acid groups (broad SMARTS) is 1. The summed E-state index contributed by atoms with van der Waals surface area (Å²) in [6.07, 6.45) is 0.0209. The number of carbonyl (C=O) groups is 2. The normalized spacial score (nSPS) is 11.6. The van der Waals surface area contributed by atoms with Gasteiger partial charge in [-0.1, -0.05) is 6.92 Å². The molecule has 1 rings (SSSR count). The molecule has 0 bridgehead atoms. The van der Waals surface area contributed by atoms with Crippen LogP contribution in [0.25, 0.3) is 0 Å². The first-order chi connectivity index (χ1) is 9.97. The van der Waals surface area contributed by atoms with Crippen LogP contribution in [0.1, 0.15) is 30.6 Å². The van der Waals surface area contributed by atoms with E-state index in [1.165, 1.54) is 7.11 Å². The minimum atomic E-state index is -0.875. The largest absolute Gasteiger partial charge is 0.493 e. The Labute approximate surface area is 124 Å². The van der Waals surface area contributed by atoms with Crippen LogP contribution in [0.15, 0.2) is 18.2 Å². The van der Waals surface area contributed by atoms with Crippen molar-refractivity contribution in [3.8, 4) is 11.5 Å². The van der Waals surface area contributed by atoms with Crippen molar-refractivity contribution in [3.05, 3.63) is 23.8 Å². The summed E-state index contributed by atoms with van der Waals surface area (Å²) in [7, 11) is 1.53. The van der Waals surface area contributed by atoms with E-state index in [4.69, 9.17) is 14.6 Å². The van der Waals surface area contributed by atoms with Gasteiger partial charge in [0.05, 0.1) is 13.7 Å². The molecule has 1 atom stereocenters. The minimum Gasteiger partial charge on any atom is -0.493 e. The third-order valence-corrected chi connectivity index (χ3v) is 2.86. The second kappa shape index (κ2) is 8.14. The average Bonchev–Trinajstić information content (AvgIpc) is 2.44. The SMILES string of the molecule is CCOc1cc(C(=O)NCC(C)CC(=O)O)ccc1OC. The maximum atomic E-state index is 12.0. The van der Waals surface area contributed by atoms with Gasteiger partial charge in [-0.2, -0.15) is 0 Å². The molecule has 0 heterocycles. The zero-order valence-electron chi connectivity index (χ0n) is 12.5. The fraction of sp³-hybridized carbons (Fsp3) is 0.467. The summed E-state index contributed by atoms with van der Waals surface area (Å²) in [5, 5.41) is 11.4. The van der Waals surface area contributed by atoms with Crippen LogP contribution in [0.5, 0.6) is 11.5 Å². The highest BCUT2D eigenvalue weighted by Crippen LogP contribution is 2.27. The number of rotatable bonds is 8. The minimum absolute atomic E-state index is 0.0209. The molecule has 0 aliphatic heterocycles. The third kappa shape index (κ3) is 5.33. The number of amides is 1. The first kappa shape index (κ1) is 16.8. The van der Waals surface area contributed by atoms with Gasteiger partial charge in [-0.15, -0.1) is 0 Å². The Kier molecular flexibility index (Phi) is 6.52. The van der Waals surface area contributed by atoms with Crippen LogP contribution in [-0.2, 0) is 4.79 Å². The Morgan fingerprint density at radius 1 is 1.33 bits per heavy atom. The van der Waals surface area contributed by atoms with Crippen LogP contribution in [-0.4, -0.2) is 37.2 Å². The first-order valence-electron chi connectivity index (χ1n) is 6.78. The second-order valence-electron chi connectivity index (χ2n) is 4.71. The number of methoxy groups -OCH3 is 1. The van der Waals surface area contributed by atoms with Crippen molar-refractivity contribution in [2.45, 2.75) is 20.3 Å². The molecule has 116 valence electrons. The van der Waals surface area contributed by atoms with E-state index in [1.54, 1.807) is 25.1 Å². The van der Waals surface area contributed by atoms with Crippen molar-refractivity contribution >= 4 is 11.9 Å². The van der Waals surface area contributed by atoms with Gasteiger partial charge in [-0.3, -0.25) is 9.59 Å². The van der Waals surface area contributed by atoms with Gasteiger partial charge in [-0.05, 0) is 31.0 Å². The van der Waals surface area contributed by atoms with Crippen LogP contribution in [0.4, 0.5) is 0 Å². The summed E-state index contributed by atoms with van der Waals surface area (Å²) >= 11 is 0. The molecule has 0 saturated heterocycles. The molecule has 0 aromatic heterocycles. The molecule has 1 amide bonds. The van der Waals surface area contributed by atoms with Crippen molar-refractivity contribution < 1.29 is 24.2 Å². The number of hydrogen-bond acceptors (Lipinski definition) is 4. The highest BCUT2D eigenvalue weighted by Gasteiger charge is 2.13. The van der Waals surface area contributed by atoms with E-state index in [0.29, 0.717) is 30.2 Å². The van der Waals surface area contributed by atoms with Gasteiger partial charge in [0.1, 0.15) is 0 Å². The van der Waals surface area contributed by atoms with Gasteiger partial charge >= 0.3 is 5.97 Å². The highest BCUT2D eigenvalue weighted by atomic mass is 16.5. The van der Waals surface area contributed by atoms with Gasteiger partial charge in [0.15, 0.2) is 11.5 Å². The lowest BCUT2D eigenvalue weighted by Gasteiger charge is -2.13. The Morgan fingerprint density at radius 3 is 2.62 bits per heavy atom. The molecule has 2 N–H and O–H groups in total. The third-order valence-electron chi connectivity index (χ3n) is 2.86. The molecule has 1 aromatic carbocycles. The highest BCUT2D eigenvalue weighted by molar-refractivity contribution is 5.94. The van der Waals surface area contributed by atoms with Crippen LogP contribution >= 0.6 is 0 Å². The number of ether oxygens (including phenoxy) is 2. The molecule has 0 aliphatic rings. The maximum absolute atomic E-state index is 12.0. The van der Waals surface area contributed by atoms with Gasteiger partial charge in [0, 0.05) is 18.5 Å². The number of carboxylic acids is 1. The zero-order valence-corrected chi connectivity index (χ0v) is 12.5. The Balaban J connectivity index is 2.69. The van der Waals surface area contributed by atoms with Crippen LogP contribution in [0.3, 0.4) is 0 Å². The summed E-state index contributed by atoms with van der Waals surface area (Å²) < 4.78 is 10.6. The number of hydrogen-bond donors (Lipinski definition) is 2. The van der Waals surface area contributed by atoms with E-state index >= 15 is 0 Å². The number of nitrogens with one attached hydrogen (secondary N) is 1. The van der Waals surface area contributed by atoms with Gasteiger partial charge < -0.3 is 19.9 Å². The molecule has 21 heavy (non-hydrogen) atoms. The van der Waals surface area contributed by atoms with Crippen molar-refractivity contribution in [1.82, 2.24) is 5.32 Å². The fourth-order valence-corrected chi connectivity index (χ4v) is 1.83. The zero-order chi connectivity index (χ0) is 15.8. The molecule has 0 radical (unpaired) electrons. The van der Waals surface area contributed by atoms with Crippen molar-refractivity contribution in [2.24, 2.45) is 5.92 Å². The Hall–Kier alpha value is -2.24. The lowest BCUT2D eigenvalue weighted by atomic mass is 10.1. The van der Waals surface area contributed by atoms with Crippen molar-refractivity contribution in [3.63, 3.8) is 0 Å². The van der Waals surface area contributed by atoms with E-state index in [9.17, 15) is 9.59 Å². The maximum Gasteiger partial charge on any atom is 0.303 e. The Morgan fingerprint density at radius 2 is 2.05 bits per heavy atom. The molecule has 1 aromatic rings. The Bertz CT molecular complexity index is 501. The van der Waals surface area contributed by atoms with Gasteiger partial charge in [0.25, 0.3) is 5.91 Å². The van der Waals surface area contributed by atoms with Gasteiger partial charge in [0.2, 0.25) is 0 Å². The molecule has 6 nitrogen and oxygen atoms in total. The predicted octanol–water partition coefficient (Wildman–Crippen LogP) is 1.93. The van der Waals surface area contributed by atoms with Crippen LogP contribution < -0.4 is 14.8 Å². The number of benzene rings is 1. The van der Waals surface area contributed by atoms with Gasteiger partial charge in [-0.25, -0.2) is 0 Å². The number of aliphatic carboxylic acids is 1. The monoisotopic (exact) mass is 295 g/mol. The average molecular weight is 295 g/mol. The molecular weight excluding hydrogens is 274 g/mol. The number of carbonyl (C=O) groups excluding carboxylic acids is 1. The molecule has 0 saturated carbocycles. The first-order valence-corrected chi connectivity index (χ1v) is 6.78. The summed E-state index contributed by atoms with van der Waals surface area (Å²) in [5.74, 6) is -0.203. The summed E-state index contributed by atoms with van der Waals surface area (Å²) in [4.78, 5) is 22.6. The summed E-state index contributed by atoms with van der Waals surface area (Å²) in [6, 6.07) is 4.92. The van der Waals surface area contributed by atoms with E-state index < -0.39 is 5.97 Å². The van der Waals surface area contributed by atoms with E-state index in [-0.39, 0.29) is 18.2 Å². The van der Waals surface area contributed by atoms with Crippen molar-refractivity contribution in [1.29, 1.82) is 0 Å². The van der Waals surface area contributed by atoms with E-state index in [1.807, 2.05) is 6.92 Å². The molecule has 1 unspecified atom stereocenters. The summed E-state index contributed by atoms with van der Waals surface area (Å²) in [5.41, 5.74) is 0.446. The lowest BCUT2D eigenvalue weighted by Crippen LogP contribution is -2.29. The molecule has 0 spiro atoms. The smallest absolute Gasteiger partial charge is 0.303 e. The standard InChI is InChI=1S/C15H21NO5/c1-4-21-13-8-11(5-6-12(13)20-3)15(19)16-9-10(2)7-14(17)18/h5-6,8,10H,4,7,9H2,1-3H3,(H,16,19)(H,17,18). The lowest BCUT2D eigenvalue weighted by molar-refractivity contribution is -0.137. The molecule has 0 aliphatic carbocycles. The van der Waals surface area contributed by atoms with E-state index in [0.717, 1.165) is 0 Å². The molecule has 6 heteroatoms. The fourth-order valence-electron chi connectivity index (χ4n) is 1.83. The second-order valence-corrected chi connectivity index (χ2v) is 4.71. The quantitative estimate of drug-likeness (QED) is 0.765. The summed E-state index contributed by atoms with van der Waals surface area (Å²) in [6.45, 7) is 4.39. The molecule has 0 fully saturated rings. The van der Waals surface area contributed by atoms with E-state index in [2.05, 4.69) is 5.32 Å². The van der Waals surface area contributed by atoms with Crippen LogP contribution in [0, 0.1) is 5.92 Å².